The number of H-pyrrole nitrogens is 1. The summed E-state index contributed by atoms with van der Waals surface area (Å²) in [5, 5.41) is 17.5. The Bertz CT molecular complexity index is 1150. The molecule has 0 saturated heterocycles. The summed E-state index contributed by atoms with van der Waals surface area (Å²) >= 11 is 0. The van der Waals surface area contributed by atoms with Gasteiger partial charge >= 0.3 is 0 Å². The molecule has 3 heterocycles. The number of nitrogens with zero attached hydrogens (tertiary/aromatic N) is 6. The molecule has 4 rings (SSSR count). The quantitative estimate of drug-likeness (QED) is 0.402. The molecule has 0 aliphatic rings. The standard InChI is InChI=1S/C21H23N9O/c1-14(2)30-19(25-13-26-30)12-24-21(31)16-4-3-5-17(10-16)23-11-18-27-20(29-28-18)15-6-8-22-9-7-15/h3-10,13-14,23H,11-12H2,1-2H3,(H,24,31)(H,27,28,29). The minimum Gasteiger partial charge on any atom is -0.378 e. The van der Waals surface area contributed by atoms with Gasteiger partial charge in [-0.3, -0.25) is 14.9 Å². The first-order chi connectivity index (χ1) is 15.1. The third-order valence-corrected chi connectivity index (χ3v) is 4.60. The Kier molecular flexibility index (Phi) is 5.97. The van der Waals surface area contributed by atoms with E-state index in [9.17, 15) is 4.79 Å². The SMILES string of the molecule is CC(C)n1ncnc1CNC(=O)c1cccc(NCc2nc(-c3ccncc3)n[nH]2)c1. The maximum Gasteiger partial charge on any atom is 0.251 e. The Morgan fingerprint density at radius 3 is 2.81 bits per heavy atom. The normalized spacial score (nSPS) is 10.9. The van der Waals surface area contributed by atoms with Crippen LogP contribution in [0.1, 0.15) is 41.9 Å². The van der Waals surface area contributed by atoms with E-state index in [2.05, 4.69) is 40.9 Å². The summed E-state index contributed by atoms with van der Waals surface area (Å²) in [7, 11) is 0. The number of nitrogens with one attached hydrogen (secondary N) is 3. The summed E-state index contributed by atoms with van der Waals surface area (Å²) in [5.74, 6) is 1.84. The van der Waals surface area contributed by atoms with Crippen molar-refractivity contribution in [2.45, 2.75) is 33.0 Å². The number of hydrogen-bond acceptors (Lipinski definition) is 7. The van der Waals surface area contributed by atoms with Gasteiger partial charge in [0.1, 0.15) is 18.0 Å². The minimum absolute atomic E-state index is 0.178. The van der Waals surface area contributed by atoms with Crippen LogP contribution in [0.3, 0.4) is 0 Å². The average molecular weight is 417 g/mol. The predicted molar refractivity (Wildman–Crippen MR) is 115 cm³/mol. The first-order valence-corrected chi connectivity index (χ1v) is 9.92. The van der Waals surface area contributed by atoms with Gasteiger partial charge in [-0.1, -0.05) is 6.07 Å². The Morgan fingerprint density at radius 1 is 1.16 bits per heavy atom. The smallest absolute Gasteiger partial charge is 0.251 e. The number of aromatic amines is 1. The van der Waals surface area contributed by atoms with Crippen LogP contribution >= 0.6 is 0 Å². The second kappa shape index (κ2) is 9.16. The second-order valence-electron chi connectivity index (χ2n) is 7.17. The molecule has 0 spiro atoms. The molecule has 10 heteroatoms. The first kappa shape index (κ1) is 20.2. The van der Waals surface area contributed by atoms with Crippen LogP contribution < -0.4 is 10.6 Å². The Labute approximate surface area is 179 Å². The summed E-state index contributed by atoms with van der Waals surface area (Å²) in [5.41, 5.74) is 2.25. The topological polar surface area (TPSA) is 126 Å². The van der Waals surface area contributed by atoms with Crippen molar-refractivity contribution in [1.82, 2.24) is 40.2 Å². The van der Waals surface area contributed by atoms with Crippen molar-refractivity contribution in [3.05, 3.63) is 72.3 Å². The number of benzene rings is 1. The largest absolute Gasteiger partial charge is 0.378 e. The van der Waals surface area contributed by atoms with E-state index in [0.29, 0.717) is 36.1 Å². The van der Waals surface area contributed by atoms with Gasteiger partial charge in [0.2, 0.25) is 0 Å². The Hall–Kier alpha value is -4.08. The van der Waals surface area contributed by atoms with Crippen molar-refractivity contribution >= 4 is 11.6 Å². The lowest BCUT2D eigenvalue weighted by Crippen LogP contribution is -2.25. The van der Waals surface area contributed by atoms with Crippen LogP contribution in [-0.2, 0) is 13.1 Å². The fraction of sp³-hybridized carbons (Fsp3) is 0.238. The fourth-order valence-corrected chi connectivity index (χ4v) is 3.05. The third-order valence-electron chi connectivity index (χ3n) is 4.60. The van der Waals surface area contributed by atoms with E-state index in [4.69, 9.17) is 0 Å². The van der Waals surface area contributed by atoms with Crippen molar-refractivity contribution in [2.75, 3.05) is 5.32 Å². The molecule has 3 N–H and O–H groups in total. The zero-order valence-electron chi connectivity index (χ0n) is 17.3. The molecule has 0 atom stereocenters. The zero-order valence-corrected chi connectivity index (χ0v) is 17.3. The molecule has 158 valence electrons. The zero-order chi connectivity index (χ0) is 21.6. The highest BCUT2D eigenvalue weighted by Gasteiger charge is 2.11. The van der Waals surface area contributed by atoms with Gasteiger partial charge in [0.15, 0.2) is 5.82 Å². The van der Waals surface area contributed by atoms with Gasteiger partial charge < -0.3 is 10.6 Å². The van der Waals surface area contributed by atoms with Gasteiger partial charge in [-0.05, 0) is 44.2 Å². The molecule has 0 aliphatic heterocycles. The summed E-state index contributed by atoms with van der Waals surface area (Å²) in [4.78, 5) is 25.3. The molecule has 31 heavy (non-hydrogen) atoms. The second-order valence-corrected chi connectivity index (χ2v) is 7.17. The van der Waals surface area contributed by atoms with Gasteiger partial charge in [-0.15, -0.1) is 0 Å². The number of rotatable bonds is 8. The number of anilines is 1. The number of pyridine rings is 1. The molecule has 1 amide bonds. The number of amides is 1. The van der Waals surface area contributed by atoms with E-state index >= 15 is 0 Å². The lowest BCUT2D eigenvalue weighted by atomic mass is 10.2. The maximum atomic E-state index is 12.6. The molecule has 10 nitrogen and oxygen atoms in total. The van der Waals surface area contributed by atoms with Crippen LogP contribution in [0.4, 0.5) is 5.69 Å². The molecule has 0 aliphatic carbocycles. The minimum atomic E-state index is -0.179. The van der Waals surface area contributed by atoms with E-state index in [1.807, 2.05) is 38.1 Å². The monoisotopic (exact) mass is 417 g/mol. The average Bonchev–Trinajstić information content (AvgIpc) is 3.46. The van der Waals surface area contributed by atoms with Crippen LogP contribution in [0.25, 0.3) is 11.4 Å². The van der Waals surface area contributed by atoms with Gasteiger partial charge in [0.25, 0.3) is 5.91 Å². The van der Waals surface area contributed by atoms with Crippen LogP contribution in [0, 0.1) is 0 Å². The van der Waals surface area contributed by atoms with E-state index < -0.39 is 0 Å². The molecule has 4 aromatic rings. The first-order valence-electron chi connectivity index (χ1n) is 9.92. The summed E-state index contributed by atoms with van der Waals surface area (Å²) in [6.45, 7) is 4.79. The molecule has 0 fully saturated rings. The van der Waals surface area contributed by atoms with Crippen LogP contribution in [0.2, 0.25) is 0 Å². The maximum absolute atomic E-state index is 12.6. The van der Waals surface area contributed by atoms with Gasteiger partial charge in [-0.2, -0.15) is 10.2 Å². The Morgan fingerprint density at radius 2 is 2.00 bits per heavy atom. The highest BCUT2D eigenvalue weighted by molar-refractivity contribution is 5.95. The molecule has 3 aromatic heterocycles. The highest BCUT2D eigenvalue weighted by atomic mass is 16.1. The third kappa shape index (κ3) is 4.92. The van der Waals surface area contributed by atoms with E-state index in [-0.39, 0.29) is 11.9 Å². The molecule has 0 bridgehead atoms. The van der Waals surface area contributed by atoms with Crippen molar-refractivity contribution in [1.29, 1.82) is 0 Å². The van der Waals surface area contributed by atoms with Crippen LogP contribution in [0.15, 0.2) is 55.1 Å². The lowest BCUT2D eigenvalue weighted by Gasteiger charge is -2.11. The predicted octanol–water partition coefficient (Wildman–Crippen LogP) is 2.58. The molecule has 0 radical (unpaired) electrons. The van der Waals surface area contributed by atoms with Gasteiger partial charge in [0.05, 0.1) is 13.1 Å². The van der Waals surface area contributed by atoms with Crippen molar-refractivity contribution in [3.63, 3.8) is 0 Å². The van der Waals surface area contributed by atoms with Crippen molar-refractivity contribution < 1.29 is 4.79 Å². The summed E-state index contributed by atoms with van der Waals surface area (Å²) < 4.78 is 1.79. The number of carbonyl (C=O) groups is 1. The molecule has 1 aromatic carbocycles. The van der Waals surface area contributed by atoms with Crippen LogP contribution in [0.5, 0.6) is 0 Å². The van der Waals surface area contributed by atoms with Gasteiger partial charge in [-0.25, -0.2) is 14.6 Å². The number of carbonyl (C=O) groups excluding carboxylic acids is 1. The fourth-order valence-electron chi connectivity index (χ4n) is 3.05. The number of hydrogen-bond donors (Lipinski definition) is 3. The van der Waals surface area contributed by atoms with E-state index in [1.54, 1.807) is 29.2 Å². The van der Waals surface area contributed by atoms with E-state index in [0.717, 1.165) is 11.3 Å². The lowest BCUT2D eigenvalue weighted by molar-refractivity contribution is 0.0949. The van der Waals surface area contributed by atoms with Crippen molar-refractivity contribution in [2.24, 2.45) is 0 Å². The molecule has 0 saturated carbocycles. The van der Waals surface area contributed by atoms with E-state index in [1.165, 1.54) is 6.33 Å². The molecular weight excluding hydrogens is 394 g/mol. The Balaban J connectivity index is 1.35. The van der Waals surface area contributed by atoms with Gasteiger partial charge in [0, 0.05) is 35.2 Å². The molecular formula is C21H23N9O. The highest BCUT2D eigenvalue weighted by Crippen LogP contribution is 2.15. The summed E-state index contributed by atoms with van der Waals surface area (Å²) in [6, 6.07) is 11.2. The van der Waals surface area contributed by atoms with Crippen molar-refractivity contribution in [3.8, 4) is 11.4 Å². The molecule has 0 unspecified atom stereocenters. The summed E-state index contributed by atoms with van der Waals surface area (Å²) in [6.07, 6.45) is 4.90. The van der Waals surface area contributed by atoms with Crippen LogP contribution in [-0.4, -0.2) is 40.8 Å². The number of aromatic nitrogens is 7.